The lowest BCUT2D eigenvalue weighted by molar-refractivity contribution is 0.101. The Morgan fingerprint density at radius 2 is 0.906 bits per heavy atom. The van der Waals surface area contributed by atoms with Crippen LogP contribution in [-0.4, -0.2) is 11.8 Å². The second kappa shape index (κ2) is 8.52. The first-order valence-electron chi connectivity index (χ1n) is 10.6. The van der Waals surface area contributed by atoms with Gasteiger partial charge in [0.25, 0.3) is 11.8 Å². The molecule has 1 aliphatic rings. The molecule has 0 unspecified atom stereocenters. The molecule has 0 heterocycles. The topological polar surface area (TPSA) is 58.2 Å². The van der Waals surface area contributed by atoms with E-state index in [0.717, 1.165) is 24.2 Å². The lowest BCUT2D eigenvalue weighted by Gasteiger charge is -2.21. The van der Waals surface area contributed by atoms with E-state index in [1.54, 1.807) is 24.3 Å². The van der Waals surface area contributed by atoms with Crippen LogP contribution in [-0.2, 0) is 12.8 Å². The number of carbonyl (C=O) groups is 2. The van der Waals surface area contributed by atoms with Crippen molar-refractivity contribution in [3.05, 3.63) is 130 Å². The number of fused-ring (bicyclic) bond motifs is 2. The highest BCUT2D eigenvalue weighted by Gasteiger charge is 2.17. The molecular formula is C28H22N2O2. The Labute approximate surface area is 186 Å². The molecule has 0 aromatic heterocycles. The first kappa shape index (κ1) is 19.8. The SMILES string of the molecule is O=C(Nc1ccc2c(c1)Cc1ccc(NC(=O)c3ccccc3)cc1C2)c1ccccc1. The molecule has 0 fully saturated rings. The summed E-state index contributed by atoms with van der Waals surface area (Å²) in [5, 5.41) is 5.98. The van der Waals surface area contributed by atoms with Crippen LogP contribution in [0.1, 0.15) is 43.0 Å². The minimum atomic E-state index is -0.111. The average Bonchev–Trinajstić information content (AvgIpc) is 2.84. The third-order valence-electron chi connectivity index (χ3n) is 5.76. The predicted octanol–water partition coefficient (Wildman–Crippen LogP) is 5.69. The zero-order valence-electron chi connectivity index (χ0n) is 17.5. The fraction of sp³-hybridized carbons (Fsp3) is 0.0714. The second-order valence-electron chi connectivity index (χ2n) is 7.96. The standard InChI is InChI=1S/C28H22N2O2/c31-27(19-7-3-1-4-8-19)29-25-13-11-21-16-24-18-26(14-12-22(24)15-23(21)17-25)30-28(32)20-9-5-2-6-10-20/h1-14,17-18H,15-16H2,(H,29,31)(H,30,32). The van der Waals surface area contributed by atoms with Crippen molar-refractivity contribution in [2.24, 2.45) is 0 Å². The zero-order valence-corrected chi connectivity index (χ0v) is 17.5. The van der Waals surface area contributed by atoms with E-state index in [1.807, 2.05) is 48.5 Å². The number of anilines is 2. The van der Waals surface area contributed by atoms with Crippen LogP contribution in [0.2, 0.25) is 0 Å². The Kier molecular flexibility index (Phi) is 5.26. The van der Waals surface area contributed by atoms with Gasteiger partial charge >= 0.3 is 0 Å². The van der Waals surface area contributed by atoms with Crippen molar-refractivity contribution in [3.8, 4) is 0 Å². The Morgan fingerprint density at radius 3 is 1.31 bits per heavy atom. The number of nitrogens with one attached hydrogen (secondary N) is 2. The van der Waals surface area contributed by atoms with E-state index < -0.39 is 0 Å². The van der Waals surface area contributed by atoms with E-state index in [4.69, 9.17) is 0 Å². The molecule has 0 aliphatic heterocycles. The van der Waals surface area contributed by atoms with Crippen LogP contribution in [0.5, 0.6) is 0 Å². The molecule has 2 amide bonds. The molecule has 5 rings (SSSR count). The van der Waals surface area contributed by atoms with Gasteiger partial charge in [0.15, 0.2) is 0 Å². The van der Waals surface area contributed by atoms with E-state index in [1.165, 1.54) is 22.3 Å². The molecule has 0 atom stereocenters. The molecule has 4 aromatic rings. The van der Waals surface area contributed by atoms with Crippen LogP contribution in [0.3, 0.4) is 0 Å². The first-order chi connectivity index (χ1) is 15.7. The fourth-order valence-electron chi connectivity index (χ4n) is 4.08. The van der Waals surface area contributed by atoms with Gasteiger partial charge in [0.2, 0.25) is 0 Å². The van der Waals surface area contributed by atoms with Gasteiger partial charge in [0, 0.05) is 22.5 Å². The van der Waals surface area contributed by atoms with Crippen LogP contribution < -0.4 is 10.6 Å². The molecule has 4 aromatic carbocycles. The Hall–Kier alpha value is -4.18. The van der Waals surface area contributed by atoms with Crippen LogP contribution in [0.25, 0.3) is 0 Å². The summed E-state index contributed by atoms with van der Waals surface area (Å²) >= 11 is 0. The molecule has 156 valence electrons. The molecular weight excluding hydrogens is 396 g/mol. The van der Waals surface area contributed by atoms with Gasteiger partial charge in [0.1, 0.15) is 0 Å². The molecule has 1 aliphatic carbocycles. The summed E-state index contributed by atoms with van der Waals surface area (Å²) in [4.78, 5) is 24.9. The van der Waals surface area contributed by atoms with Gasteiger partial charge in [-0.1, -0.05) is 48.5 Å². The minimum Gasteiger partial charge on any atom is -0.322 e. The van der Waals surface area contributed by atoms with E-state index in [9.17, 15) is 9.59 Å². The lowest BCUT2D eigenvalue weighted by Crippen LogP contribution is -2.14. The van der Waals surface area contributed by atoms with Gasteiger partial charge in [-0.15, -0.1) is 0 Å². The highest BCUT2D eigenvalue weighted by Crippen LogP contribution is 2.31. The van der Waals surface area contributed by atoms with Gasteiger partial charge in [-0.2, -0.15) is 0 Å². The zero-order chi connectivity index (χ0) is 21.9. The smallest absolute Gasteiger partial charge is 0.255 e. The Bertz CT molecular complexity index is 1190. The average molecular weight is 418 g/mol. The molecule has 2 N–H and O–H groups in total. The van der Waals surface area contributed by atoms with Crippen LogP contribution in [0, 0.1) is 0 Å². The number of carbonyl (C=O) groups excluding carboxylic acids is 2. The molecule has 4 nitrogen and oxygen atoms in total. The quantitative estimate of drug-likeness (QED) is 0.394. The van der Waals surface area contributed by atoms with Gasteiger partial charge < -0.3 is 10.6 Å². The predicted molar refractivity (Wildman–Crippen MR) is 127 cm³/mol. The summed E-state index contributed by atoms with van der Waals surface area (Å²) in [6.45, 7) is 0. The van der Waals surface area contributed by atoms with Gasteiger partial charge in [-0.3, -0.25) is 9.59 Å². The Morgan fingerprint density at radius 1 is 0.500 bits per heavy atom. The van der Waals surface area contributed by atoms with Gasteiger partial charge in [-0.05, 0) is 83.6 Å². The Balaban J connectivity index is 1.31. The molecule has 0 radical (unpaired) electrons. The fourth-order valence-corrected chi connectivity index (χ4v) is 4.08. The summed E-state index contributed by atoms with van der Waals surface area (Å²) in [7, 11) is 0. The highest BCUT2D eigenvalue weighted by atomic mass is 16.2. The number of hydrogen-bond donors (Lipinski definition) is 2. The van der Waals surface area contributed by atoms with Crippen molar-refractivity contribution in [1.82, 2.24) is 0 Å². The molecule has 4 heteroatoms. The molecule has 0 bridgehead atoms. The molecule has 0 saturated carbocycles. The monoisotopic (exact) mass is 418 g/mol. The molecule has 0 spiro atoms. The first-order valence-corrected chi connectivity index (χ1v) is 10.6. The lowest BCUT2D eigenvalue weighted by atomic mass is 9.85. The number of hydrogen-bond acceptors (Lipinski definition) is 2. The van der Waals surface area contributed by atoms with Crippen molar-refractivity contribution in [3.63, 3.8) is 0 Å². The molecule has 0 saturated heterocycles. The molecule has 32 heavy (non-hydrogen) atoms. The maximum absolute atomic E-state index is 12.5. The van der Waals surface area contributed by atoms with Gasteiger partial charge in [0.05, 0.1) is 0 Å². The normalized spacial score (nSPS) is 11.8. The van der Waals surface area contributed by atoms with Crippen LogP contribution >= 0.6 is 0 Å². The van der Waals surface area contributed by atoms with Crippen molar-refractivity contribution in [2.75, 3.05) is 10.6 Å². The van der Waals surface area contributed by atoms with Crippen LogP contribution in [0.15, 0.2) is 97.1 Å². The van der Waals surface area contributed by atoms with Crippen molar-refractivity contribution < 1.29 is 9.59 Å². The summed E-state index contributed by atoms with van der Waals surface area (Å²) in [6.07, 6.45) is 1.60. The van der Waals surface area contributed by atoms with E-state index in [2.05, 4.69) is 34.9 Å². The second-order valence-corrected chi connectivity index (χ2v) is 7.96. The van der Waals surface area contributed by atoms with Crippen molar-refractivity contribution in [2.45, 2.75) is 12.8 Å². The third kappa shape index (κ3) is 4.16. The van der Waals surface area contributed by atoms with Crippen molar-refractivity contribution in [1.29, 1.82) is 0 Å². The van der Waals surface area contributed by atoms with Gasteiger partial charge in [-0.25, -0.2) is 0 Å². The maximum Gasteiger partial charge on any atom is 0.255 e. The minimum absolute atomic E-state index is 0.111. The van der Waals surface area contributed by atoms with Crippen molar-refractivity contribution >= 4 is 23.2 Å². The maximum atomic E-state index is 12.5. The summed E-state index contributed by atoms with van der Waals surface area (Å²) in [5.74, 6) is -0.221. The highest BCUT2D eigenvalue weighted by molar-refractivity contribution is 6.05. The van der Waals surface area contributed by atoms with Crippen LogP contribution in [0.4, 0.5) is 11.4 Å². The van der Waals surface area contributed by atoms with E-state index in [-0.39, 0.29) is 11.8 Å². The number of amides is 2. The van der Waals surface area contributed by atoms with E-state index >= 15 is 0 Å². The number of benzene rings is 4. The summed E-state index contributed by atoms with van der Waals surface area (Å²) in [5.41, 5.74) is 7.78. The number of rotatable bonds is 4. The van der Waals surface area contributed by atoms with E-state index in [0.29, 0.717) is 11.1 Å². The largest absolute Gasteiger partial charge is 0.322 e. The summed E-state index contributed by atoms with van der Waals surface area (Å²) < 4.78 is 0. The summed E-state index contributed by atoms with van der Waals surface area (Å²) in [6, 6.07) is 30.6. The third-order valence-corrected chi connectivity index (χ3v) is 5.76.